The second-order valence-corrected chi connectivity index (χ2v) is 7.23. The number of hydrogen-bond donors (Lipinski definition) is 1. The van der Waals surface area contributed by atoms with E-state index in [1.807, 2.05) is 0 Å². The molecule has 0 aliphatic carbocycles. The van der Waals surface area contributed by atoms with Gasteiger partial charge < -0.3 is 10.2 Å². The molecular weight excluding hydrogens is 359 g/mol. The van der Waals surface area contributed by atoms with Crippen molar-refractivity contribution >= 4 is 49.1 Å². The van der Waals surface area contributed by atoms with Crippen LogP contribution in [0.2, 0.25) is 0 Å². The van der Waals surface area contributed by atoms with Crippen LogP contribution in [-0.4, -0.2) is 45.8 Å². The second-order valence-electron chi connectivity index (χ2n) is 4.91. The number of anilines is 1. The Balaban J connectivity index is 2.04. The molecule has 0 amide bonds. The van der Waals surface area contributed by atoms with Gasteiger partial charge in [-0.2, -0.15) is 4.52 Å². The summed E-state index contributed by atoms with van der Waals surface area (Å²) in [5.74, 6) is 1.03. The standard InChI is InChI=1S/C12H12BrFN6S/c1-6-16-10-7-8(14)9(13)21-11(7)17-12(20(10)18-6)19-4-2-15-3-5-19/h15H,2-5H2,1H3. The molecule has 3 aromatic heterocycles. The molecule has 1 aliphatic heterocycles. The van der Waals surface area contributed by atoms with Crippen molar-refractivity contribution in [1.29, 1.82) is 0 Å². The lowest BCUT2D eigenvalue weighted by atomic mass is 10.3. The zero-order chi connectivity index (χ0) is 14.6. The maximum atomic E-state index is 14.3. The van der Waals surface area contributed by atoms with Crippen molar-refractivity contribution < 1.29 is 4.39 Å². The van der Waals surface area contributed by atoms with Gasteiger partial charge in [-0.05, 0) is 22.9 Å². The van der Waals surface area contributed by atoms with Crippen molar-refractivity contribution in [3.63, 3.8) is 0 Å². The third-order valence-electron chi connectivity index (χ3n) is 3.52. The van der Waals surface area contributed by atoms with Gasteiger partial charge in [0.15, 0.2) is 11.5 Å². The predicted octanol–water partition coefficient (Wildman–Crippen LogP) is 1.96. The Kier molecular flexibility index (Phi) is 3.09. The quantitative estimate of drug-likeness (QED) is 0.709. The average Bonchev–Trinajstić information content (AvgIpc) is 2.99. The Morgan fingerprint density at radius 1 is 1.29 bits per heavy atom. The molecule has 6 nitrogen and oxygen atoms in total. The number of aryl methyl sites for hydroxylation is 1. The first-order valence-corrected chi connectivity index (χ1v) is 8.22. The van der Waals surface area contributed by atoms with Crippen LogP contribution in [0.5, 0.6) is 0 Å². The van der Waals surface area contributed by atoms with Gasteiger partial charge in [-0.1, -0.05) is 0 Å². The van der Waals surface area contributed by atoms with Crippen molar-refractivity contribution in [3.8, 4) is 0 Å². The average molecular weight is 371 g/mol. The minimum Gasteiger partial charge on any atom is -0.338 e. The number of rotatable bonds is 1. The number of nitrogens with one attached hydrogen (secondary N) is 1. The largest absolute Gasteiger partial charge is 0.338 e. The van der Waals surface area contributed by atoms with Crippen molar-refractivity contribution in [2.45, 2.75) is 6.92 Å². The van der Waals surface area contributed by atoms with Gasteiger partial charge in [0.2, 0.25) is 5.95 Å². The van der Waals surface area contributed by atoms with Crippen LogP contribution in [0.1, 0.15) is 5.82 Å². The summed E-state index contributed by atoms with van der Waals surface area (Å²) >= 11 is 4.53. The Hall–Kier alpha value is -1.32. The Bertz CT molecular complexity index is 837. The van der Waals surface area contributed by atoms with Crippen LogP contribution in [0.4, 0.5) is 10.3 Å². The molecule has 1 saturated heterocycles. The highest BCUT2D eigenvalue weighted by atomic mass is 79.9. The molecule has 0 unspecified atom stereocenters. The summed E-state index contributed by atoms with van der Waals surface area (Å²) in [5, 5.41) is 8.14. The van der Waals surface area contributed by atoms with E-state index in [2.05, 4.69) is 41.2 Å². The molecule has 0 radical (unpaired) electrons. The number of nitrogens with zero attached hydrogens (tertiary/aromatic N) is 5. The number of piperazine rings is 1. The molecule has 21 heavy (non-hydrogen) atoms. The fourth-order valence-corrected chi connectivity index (χ4v) is 4.00. The van der Waals surface area contributed by atoms with Gasteiger partial charge in [0.25, 0.3) is 0 Å². The normalized spacial score (nSPS) is 16.2. The molecule has 3 aromatic rings. The number of fused-ring (bicyclic) bond motifs is 3. The summed E-state index contributed by atoms with van der Waals surface area (Å²) in [5.41, 5.74) is 0.533. The minimum atomic E-state index is -0.313. The van der Waals surface area contributed by atoms with Crippen LogP contribution in [0.15, 0.2) is 3.79 Å². The summed E-state index contributed by atoms with van der Waals surface area (Å²) in [6.07, 6.45) is 0. The Labute approximate surface area is 132 Å². The monoisotopic (exact) mass is 370 g/mol. The van der Waals surface area contributed by atoms with Crippen LogP contribution >= 0.6 is 27.3 Å². The van der Waals surface area contributed by atoms with Gasteiger partial charge >= 0.3 is 0 Å². The van der Waals surface area contributed by atoms with Crippen molar-refractivity contribution in [3.05, 3.63) is 15.4 Å². The summed E-state index contributed by atoms with van der Waals surface area (Å²) in [4.78, 5) is 11.8. The predicted molar refractivity (Wildman–Crippen MR) is 83.6 cm³/mol. The van der Waals surface area contributed by atoms with E-state index in [0.29, 0.717) is 25.5 Å². The molecule has 0 bridgehead atoms. The van der Waals surface area contributed by atoms with E-state index >= 15 is 0 Å². The Morgan fingerprint density at radius 3 is 2.81 bits per heavy atom. The highest BCUT2D eigenvalue weighted by Gasteiger charge is 2.23. The van der Waals surface area contributed by atoms with E-state index in [9.17, 15) is 4.39 Å². The molecule has 1 fully saturated rings. The first-order valence-electron chi connectivity index (χ1n) is 6.61. The topological polar surface area (TPSA) is 58.4 Å². The zero-order valence-corrected chi connectivity index (χ0v) is 13.6. The van der Waals surface area contributed by atoms with Gasteiger partial charge in [-0.15, -0.1) is 16.4 Å². The van der Waals surface area contributed by atoms with Crippen molar-refractivity contribution in [2.24, 2.45) is 0 Å². The van der Waals surface area contributed by atoms with Gasteiger partial charge in [0.05, 0.1) is 5.39 Å². The lowest BCUT2D eigenvalue weighted by molar-refractivity contribution is 0.574. The van der Waals surface area contributed by atoms with Gasteiger partial charge in [-0.3, -0.25) is 0 Å². The molecule has 1 aliphatic rings. The third kappa shape index (κ3) is 2.02. The molecule has 4 heterocycles. The maximum Gasteiger partial charge on any atom is 0.230 e. The summed E-state index contributed by atoms with van der Waals surface area (Å²) in [6, 6.07) is 0. The molecule has 0 spiro atoms. The number of halogens is 2. The summed E-state index contributed by atoms with van der Waals surface area (Å²) in [6.45, 7) is 5.30. The lowest BCUT2D eigenvalue weighted by Crippen LogP contribution is -2.44. The fraction of sp³-hybridized carbons (Fsp3) is 0.417. The van der Waals surface area contributed by atoms with Crippen LogP contribution < -0.4 is 10.2 Å². The second kappa shape index (κ2) is 4.85. The van der Waals surface area contributed by atoms with E-state index in [-0.39, 0.29) is 5.82 Å². The summed E-state index contributed by atoms with van der Waals surface area (Å²) < 4.78 is 16.4. The smallest absolute Gasteiger partial charge is 0.230 e. The van der Waals surface area contributed by atoms with Gasteiger partial charge in [0.1, 0.15) is 14.4 Å². The zero-order valence-electron chi connectivity index (χ0n) is 11.2. The van der Waals surface area contributed by atoms with E-state index in [0.717, 1.165) is 32.1 Å². The Morgan fingerprint density at radius 2 is 2.05 bits per heavy atom. The molecular formula is C12H12BrFN6S. The van der Waals surface area contributed by atoms with Crippen LogP contribution in [0, 0.1) is 12.7 Å². The van der Waals surface area contributed by atoms with Crippen LogP contribution in [0.25, 0.3) is 15.9 Å². The fourth-order valence-electron chi connectivity index (χ4n) is 2.57. The molecule has 110 valence electrons. The maximum absolute atomic E-state index is 14.3. The minimum absolute atomic E-state index is 0.313. The van der Waals surface area contributed by atoms with Gasteiger partial charge in [-0.25, -0.2) is 14.4 Å². The first-order chi connectivity index (χ1) is 10.1. The van der Waals surface area contributed by atoms with Crippen molar-refractivity contribution in [2.75, 3.05) is 31.1 Å². The lowest BCUT2D eigenvalue weighted by Gasteiger charge is -2.28. The molecule has 0 saturated carbocycles. The third-order valence-corrected chi connectivity index (χ3v) is 5.20. The SMILES string of the molecule is Cc1nc2c3c(F)c(Br)sc3nc(N3CCNCC3)n2n1. The molecule has 1 N–H and O–H groups in total. The van der Waals surface area contributed by atoms with E-state index in [1.165, 1.54) is 11.3 Å². The highest BCUT2D eigenvalue weighted by Crippen LogP contribution is 2.36. The van der Waals surface area contributed by atoms with Crippen molar-refractivity contribution in [1.82, 2.24) is 24.9 Å². The number of thiophene rings is 1. The number of aromatic nitrogens is 4. The van der Waals surface area contributed by atoms with Crippen LogP contribution in [0.3, 0.4) is 0 Å². The van der Waals surface area contributed by atoms with E-state index < -0.39 is 0 Å². The molecule has 0 aromatic carbocycles. The molecule has 9 heteroatoms. The molecule has 0 atom stereocenters. The molecule has 4 rings (SSSR count). The highest BCUT2D eigenvalue weighted by molar-refractivity contribution is 9.11. The van der Waals surface area contributed by atoms with E-state index in [4.69, 9.17) is 0 Å². The first kappa shape index (κ1) is 13.4. The van der Waals surface area contributed by atoms with E-state index in [1.54, 1.807) is 11.4 Å². The van der Waals surface area contributed by atoms with Crippen LogP contribution in [-0.2, 0) is 0 Å². The number of hydrogen-bond acceptors (Lipinski definition) is 6. The van der Waals surface area contributed by atoms with Gasteiger partial charge in [0, 0.05) is 26.2 Å². The summed E-state index contributed by atoms with van der Waals surface area (Å²) in [7, 11) is 0.